The third kappa shape index (κ3) is 6.89. The van der Waals surface area contributed by atoms with Crippen molar-refractivity contribution >= 4 is 29.9 Å². The molecule has 0 radical (unpaired) electrons. The maximum absolute atomic E-state index is 13.7. The fourth-order valence-corrected chi connectivity index (χ4v) is 2.60. The lowest BCUT2D eigenvalue weighted by atomic mass is 10.1. The van der Waals surface area contributed by atoms with Gasteiger partial charge in [0.05, 0.1) is 20.8 Å². The number of ether oxygens (including phenoxy) is 2. The van der Waals surface area contributed by atoms with Crippen LogP contribution in [0.25, 0.3) is 0 Å². The Balaban J connectivity index is 0.00000364. The summed E-state index contributed by atoms with van der Waals surface area (Å²) >= 11 is 0. The second-order valence-corrected chi connectivity index (χ2v) is 5.62. The number of para-hydroxylation sites is 1. The van der Waals surface area contributed by atoms with E-state index in [0.29, 0.717) is 42.5 Å². The van der Waals surface area contributed by atoms with Crippen LogP contribution in [-0.2, 0) is 13.0 Å². The smallest absolute Gasteiger partial charge is 0.191 e. The molecular weight excluding hydrogens is 460 g/mol. The van der Waals surface area contributed by atoms with Crippen LogP contribution in [0.4, 0.5) is 4.39 Å². The second kappa shape index (κ2) is 12.4. The lowest BCUT2D eigenvalue weighted by Gasteiger charge is -2.13. The molecule has 2 N–H and O–H groups in total. The number of guanidine groups is 1. The summed E-state index contributed by atoms with van der Waals surface area (Å²) in [6, 6.07) is 12.5. The molecule has 0 aliphatic rings. The summed E-state index contributed by atoms with van der Waals surface area (Å²) in [6.45, 7) is 3.76. The Bertz CT molecular complexity index is 741. The first kappa shape index (κ1) is 23.0. The third-order valence-electron chi connectivity index (χ3n) is 3.88. The van der Waals surface area contributed by atoms with E-state index in [9.17, 15) is 4.39 Å². The summed E-state index contributed by atoms with van der Waals surface area (Å²) < 4.78 is 24.4. The number of hydrogen-bond acceptors (Lipinski definition) is 3. The summed E-state index contributed by atoms with van der Waals surface area (Å²) in [5, 5.41) is 6.43. The number of aliphatic imine (C=N–C) groups is 1. The van der Waals surface area contributed by atoms with Crippen LogP contribution < -0.4 is 20.1 Å². The van der Waals surface area contributed by atoms with Crippen LogP contribution in [0, 0.1) is 5.82 Å². The molecule has 0 aromatic heterocycles. The van der Waals surface area contributed by atoms with Gasteiger partial charge in [0.15, 0.2) is 17.5 Å². The highest BCUT2D eigenvalue weighted by Crippen LogP contribution is 2.30. The van der Waals surface area contributed by atoms with E-state index < -0.39 is 0 Å². The highest BCUT2D eigenvalue weighted by molar-refractivity contribution is 14.0. The summed E-state index contributed by atoms with van der Waals surface area (Å²) in [7, 11) is 3.22. The number of methoxy groups -OCH3 is 2. The Morgan fingerprint density at radius 1 is 1.00 bits per heavy atom. The first-order valence-corrected chi connectivity index (χ1v) is 8.65. The Kier molecular flexibility index (Phi) is 10.5. The summed E-state index contributed by atoms with van der Waals surface area (Å²) in [5.74, 6) is 1.85. The standard InChI is InChI=1S/C20H26FN3O2.HI/c1-4-22-20(23-13-12-15-8-5-6-10-17(15)21)24-14-16-9-7-11-18(25-2)19(16)26-3;/h5-11H,4,12-14H2,1-3H3,(H2,22,23,24);1H. The summed E-state index contributed by atoms with van der Waals surface area (Å²) in [6.07, 6.45) is 0.583. The predicted molar refractivity (Wildman–Crippen MR) is 118 cm³/mol. The SMILES string of the molecule is CCNC(=NCc1cccc(OC)c1OC)NCCc1ccccc1F.I. The number of rotatable bonds is 8. The average molecular weight is 487 g/mol. The van der Waals surface area contributed by atoms with Crippen LogP contribution in [0.5, 0.6) is 11.5 Å². The van der Waals surface area contributed by atoms with Crippen molar-refractivity contribution in [1.82, 2.24) is 10.6 Å². The van der Waals surface area contributed by atoms with E-state index in [0.717, 1.165) is 12.1 Å². The molecule has 0 bridgehead atoms. The van der Waals surface area contributed by atoms with Gasteiger partial charge in [0.25, 0.3) is 0 Å². The molecule has 0 spiro atoms. The molecule has 0 aliphatic carbocycles. The number of nitrogens with zero attached hydrogens (tertiary/aromatic N) is 1. The molecule has 0 saturated heterocycles. The largest absolute Gasteiger partial charge is 0.493 e. The van der Waals surface area contributed by atoms with Gasteiger partial charge in [-0.15, -0.1) is 24.0 Å². The fourth-order valence-electron chi connectivity index (χ4n) is 2.60. The van der Waals surface area contributed by atoms with Gasteiger partial charge < -0.3 is 20.1 Å². The molecule has 0 saturated carbocycles. The van der Waals surface area contributed by atoms with E-state index >= 15 is 0 Å². The van der Waals surface area contributed by atoms with Crippen molar-refractivity contribution in [2.24, 2.45) is 4.99 Å². The summed E-state index contributed by atoms with van der Waals surface area (Å²) in [5.41, 5.74) is 1.61. The van der Waals surface area contributed by atoms with Crippen molar-refractivity contribution in [3.8, 4) is 11.5 Å². The summed E-state index contributed by atoms with van der Waals surface area (Å²) in [4.78, 5) is 4.59. The highest BCUT2D eigenvalue weighted by atomic mass is 127. The molecule has 5 nitrogen and oxygen atoms in total. The normalized spacial score (nSPS) is 10.7. The van der Waals surface area contributed by atoms with Gasteiger partial charge in [0.1, 0.15) is 5.82 Å². The van der Waals surface area contributed by atoms with Gasteiger partial charge >= 0.3 is 0 Å². The van der Waals surface area contributed by atoms with Crippen LogP contribution in [0.1, 0.15) is 18.1 Å². The molecule has 0 heterocycles. The topological polar surface area (TPSA) is 54.9 Å². The molecule has 0 fully saturated rings. The average Bonchev–Trinajstić information content (AvgIpc) is 2.67. The van der Waals surface area contributed by atoms with Crippen molar-refractivity contribution in [1.29, 1.82) is 0 Å². The number of hydrogen-bond donors (Lipinski definition) is 2. The van der Waals surface area contributed by atoms with E-state index in [1.807, 2.05) is 31.2 Å². The minimum absolute atomic E-state index is 0. The predicted octanol–water partition coefficient (Wildman–Crippen LogP) is 3.76. The zero-order valence-electron chi connectivity index (χ0n) is 15.9. The van der Waals surface area contributed by atoms with Gasteiger partial charge in [0, 0.05) is 18.7 Å². The maximum atomic E-state index is 13.7. The van der Waals surface area contributed by atoms with Gasteiger partial charge in [-0.25, -0.2) is 9.38 Å². The molecule has 148 valence electrons. The monoisotopic (exact) mass is 487 g/mol. The fraction of sp³-hybridized carbons (Fsp3) is 0.350. The van der Waals surface area contributed by atoms with Gasteiger partial charge in [-0.3, -0.25) is 0 Å². The van der Waals surface area contributed by atoms with Crippen molar-refractivity contribution in [3.63, 3.8) is 0 Å². The first-order chi connectivity index (χ1) is 12.7. The van der Waals surface area contributed by atoms with Crippen molar-refractivity contribution < 1.29 is 13.9 Å². The first-order valence-electron chi connectivity index (χ1n) is 8.65. The van der Waals surface area contributed by atoms with Gasteiger partial charge in [0.2, 0.25) is 0 Å². The quantitative estimate of drug-likeness (QED) is 0.339. The zero-order valence-corrected chi connectivity index (χ0v) is 18.3. The third-order valence-corrected chi connectivity index (χ3v) is 3.88. The van der Waals surface area contributed by atoms with E-state index in [2.05, 4.69) is 15.6 Å². The van der Waals surface area contributed by atoms with Crippen molar-refractivity contribution in [2.45, 2.75) is 19.9 Å². The molecule has 0 amide bonds. The number of nitrogens with one attached hydrogen (secondary N) is 2. The molecule has 0 unspecified atom stereocenters. The molecular formula is C20H27FIN3O2. The zero-order chi connectivity index (χ0) is 18.8. The highest BCUT2D eigenvalue weighted by Gasteiger charge is 2.09. The Hall–Kier alpha value is -2.03. The molecule has 2 rings (SSSR count). The molecule has 2 aromatic rings. The van der Waals surface area contributed by atoms with Crippen LogP contribution >= 0.6 is 24.0 Å². The van der Waals surface area contributed by atoms with E-state index in [1.54, 1.807) is 26.4 Å². The van der Waals surface area contributed by atoms with E-state index in [1.165, 1.54) is 6.07 Å². The van der Waals surface area contributed by atoms with Crippen LogP contribution in [0.15, 0.2) is 47.5 Å². The molecule has 2 aromatic carbocycles. The molecule has 7 heteroatoms. The Morgan fingerprint density at radius 2 is 1.74 bits per heavy atom. The molecule has 0 aliphatic heterocycles. The molecule has 0 atom stereocenters. The number of halogens is 2. The minimum atomic E-state index is -0.183. The number of benzene rings is 2. The molecule has 27 heavy (non-hydrogen) atoms. The second-order valence-electron chi connectivity index (χ2n) is 5.62. The minimum Gasteiger partial charge on any atom is -0.493 e. The van der Waals surface area contributed by atoms with Crippen molar-refractivity contribution in [2.75, 3.05) is 27.3 Å². The van der Waals surface area contributed by atoms with E-state index in [4.69, 9.17) is 9.47 Å². The van der Waals surface area contributed by atoms with Crippen LogP contribution in [-0.4, -0.2) is 33.3 Å². The Morgan fingerprint density at radius 3 is 2.41 bits per heavy atom. The van der Waals surface area contributed by atoms with Gasteiger partial charge in [-0.05, 0) is 31.0 Å². The van der Waals surface area contributed by atoms with Gasteiger partial charge in [-0.2, -0.15) is 0 Å². The van der Waals surface area contributed by atoms with Crippen LogP contribution in [0.2, 0.25) is 0 Å². The van der Waals surface area contributed by atoms with Crippen LogP contribution in [0.3, 0.4) is 0 Å². The lowest BCUT2D eigenvalue weighted by Crippen LogP contribution is -2.38. The Labute approximate surface area is 177 Å². The van der Waals surface area contributed by atoms with Gasteiger partial charge in [-0.1, -0.05) is 30.3 Å². The van der Waals surface area contributed by atoms with Crippen molar-refractivity contribution in [3.05, 3.63) is 59.4 Å². The lowest BCUT2D eigenvalue weighted by molar-refractivity contribution is 0.352. The van der Waals surface area contributed by atoms with E-state index in [-0.39, 0.29) is 29.8 Å². The maximum Gasteiger partial charge on any atom is 0.191 e.